The molecule has 30 heavy (non-hydrogen) atoms. The molecule has 7 heteroatoms. The van der Waals surface area contributed by atoms with Gasteiger partial charge < -0.3 is 14.8 Å². The SMILES string of the molecule is COc1ccc(C2c3ccc4ccccc4c3Nc3[nH]c(=O)[nH]c(=O)c32)cc1OC. The molecule has 1 atom stereocenters. The maximum atomic E-state index is 12.8. The lowest BCUT2D eigenvalue weighted by Gasteiger charge is -2.29. The van der Waals surface area contributed by atoms with Crippen molar-refractivity contribution in [2.24, 2.45) is 0 Å². The predicted molar refractivity (Wildman–Crippen MR) is 115 cm³/mol. The first-order valence-corrected chi connectivity index (χ1v) is 9.48. The van der Waals surface area contributed by atoms with Crippen LogP contribution in [0, 0.1) is 0 Å². The molecule has 0 spiro atoms. The van der Waals surface area contributed by atoms with E-state index >= 15 is 0 Å². The van der Waals surface area contributed by atoms with Crippen molar-refractivity contribution >= 4 is 22.3 Å². The Morgan fingerprint density at radius 3 is 2.47 bits per heavy atom. The number of anilines is 2. The topological polar surface area (TPSA) is 96.2 Å². The molecule has 3 aromatic carbocycles. The summed E-state index contributed by atoms with van der Waals surface area (Å²) in [6.07, 6.45) is 0. The van der Waals surface area contributed by atoms with Crippen molar-refractivity contribution in [3.63, 3.8) is 0 Å². The predicted octanol–water partition coefficient (Wildman–Crippen LogP) is 3.47. The number of fused-ring (bicyclic) bond motifs is 4. The fraction of sp³-hybridized carbons (Fsp3) is 0.130. The van der Waals surface area contributed by atoms with E-state index in [4.69, 9.17) is 9.47 Å². The van der Waals surface area contributed by atoms with Crippen molar-refractivity contribution in [1.29, 1.82) is 0 Å². The van der Waals surface area contributed by atoms with Gasteiger partial charge in [-0.1, -0.05) is 42.5 Å². The second-order valence-electron chi connectivity index (χ2n) is 7.12. The van der Waals surface area contributed by atoms with Crippen molar-refractivity contribution in [2.45, 2.75) is 5.92 Å². The van der Waals surface area contributed by atoms with Gasteiger partial charge in [0.15, 0.2) is 11.5 Å². The number of hydrogen-bond donors (Lipinski definition) is 3. The summed E-state index contributed by atoms with van der Waals surface area (Å²) in [6, 6.07) is 17.6. The molecule has 1 aliphatic heterocycles. The zero-order chi connectivity index (χ0) is 20.8. The van der Waals surface area contributed by atoms with E-state index in [0.717, 1.165) is 27.6 Å². The number of methoxy groups -OCH3 is 2. The maximum absolute atomic E-state index is 12.8. The fourth-order valence-corrected chi connectivity index (χ4v) is 4.20. The first-order chi connectivity index (χ1) is 14.6. The Labute approximate surface area is 171 Å². The second kappa shape index (κ2) is 6.81. The van der Waals surface area contributed by atoms with Gasteiger partial charge in [0.1, 0.15) is 5.82 Å². The summed E-state index contributed by atoms with van der Waals surface area (Å²) in [7, 11) is 3.15. The highest BCUT2D eigenvalue weighted by atomic mass is 16.5. The molecular formula is C23H19N3O4. The summed E-state index contributed by atoms with van der Waals surface area (Å²) in [5, 5.41) is 5.35. The van der Waals surface area contributed by atoms with Crippen molar-refractivity contribution in [2.75, 3.05) is 19.5 Å². The summed E-state index contributed by atoms with van der Waals surface area (Å²) in [6.45, 7) is 0. The fourth-order valence-electron chi connectivity index (χ4n) is 4.20. The average Bonchev–Trinajstić information content (AvgIpc) is 2.77. The van der Waals surface area contributed by atoms with Gasteiger partial charge in [0, 0.05) is 11.3 Å². The first kappa shape index (κ1) is 18.1. The Bertz CT molecular complexity index is 1400. The van der Waals surface area contributed by atoms with Gasteiger partial charge in [-0.05, 0) is 28.6 Å². The maximum Gasteiger partial charge on any atom is 0.327 e. The molecule has 150 valence electrons. The van der Waals surface area contributed by atoms with E-state index in [1.54, 1.807) is 14.2 Å². The molecule has 7 nitrogen and oxygen atoms in total. The summed E-state index contributed by atoms with van der Waals surface area (Å²) in [5.41, 5.74) is 2.11. The van der Waals surface area contributed by atoms with Crippen molar-refractivity contribution < 1.29 is 9.47 Å². The number of hydrogen-bond acceptors (Lipinski definition) is 5. The first-order valence-electron chi connectivity index (χ1n) is 9.48. The minimum absolute atomic E-state index is 0.396. The molecule has 2 heterocycles. The number of nitrogens with one attached hydrogen (secondary N) is 3. The second-order valence-corrected chi connectivity index (χ2v) is 7.12. The highest BCUT2D eigenvalue weighted by molar-refractivity contribution is 5.99. The standard InChI is InChI=1S/C23H19N3O4/c1-29-16-10-8-13(11-17(16)30-2)18-15-9-7-12-5-3-4-6-14(12)20(15)24-21-19(18)22(27)26-23(28)25-21/h3-11,18H,1-2H3,(H3,24,25,26,27,28). The highest BCUT2D eigenvalue weighted by Gasteiger charge is 2.32. The summed E-state index contributed by atoms with van der Waals surface area (Å²) in [4.78, 5) is 29.9. The zero-order valence-corrected chi connectivity index (χ0v) is 16.4. The van der Waals surface area contributed by atoms with Gasteiger partial charge in [-0.3, -0.25) is 14.8 Å². The number of H-pyrrole nitrogens is 2. The lowest BCUT2D eigenvalue weighted by atomic mass is 9.81. The van der Waals surface area contributed by atoms with Crippen LogP contribution in [-0.2, 0) is 0 Å². The van der Waals surface area contributed by atoms with Crippen LogP contribution >= 0.6 is 0 Å². The van der Waals surface area contributed by atoms with E-state index in [9.17, 15) is 9.59 Å². The monoisotopic (exact) mass is 401 g/mol. The molecule has 0 amide bonds. The molecule has 0 aliphatic carbocycles. The largest absolute Gasteiger partial charge is 0.493 e. The molecule has 0 fully saturated rings. The third-order valence-corrected chi connectivity index (χ3v) is 5.53. The number of ether oxygens (including phenoxy) is 2. The minimum atomic E-state index is -0.555. The highest BCUT2D eigenvalue weighted by Crippen LogP contribution is 2.46. The molecule has 0 saturated carbocycles. The molecule has 0 radical (unpaired) electrons. The van der Waals surface area contributed by atoms with Crippen LogP contribution < -0.4 is 26.0 Å². The number of rotatable bonds is 3. The van der Waals surface area contributed by atoms with Gasteiger partial charge in [-0.25, -0.2) is 4.79 Å². The molecule has 1 aliphatic rings. The van der Waals surface area contributed by atoms with Crippen LogP contribution in [0.25, 0.3) is 10.8 Å². The average molecular weight is 401 g/mol. The molecular weight excluding hydrogens is 382 g/mol. The minimum Gasteiger partial charge on any atom is -0.493 e. The summed E-state index contributed by atoms with van der Waals surface area (Å²) in [5.74, 6) is 1.16. The van der Waals surface area contributed by atoms with Gasteiger partial charge in [0.2, 0.25) is 0 Å². The quantitative estimate of drug-likeness (QED) is 0.430. The van der Waals surface area contributed by atoms with Gasteiger partial charge in [0.05, 0.1) is 25.5 Å². The Kier molecular flexibility index (Phi) is 4.10. The third-order valence-electron chi connectivity index (χ3n) is 5.53. The van der Waals surface area contributed by atoms with Crippen LogP contribution in [0.15, 0.2) is 64.2 Å². The van der Waals surface area contributed by atoms with Crippen molar-refractivity contribution in [3.05, 3.63) is 92.1 Å². The molecule has 1 unspecified atom stereocenters. The van der Waals surface area contributed by atoms with Crippen molar-refractivity contribution in [1.82, 2.24) is 9.97 Å². The smallest absolute Gasteiger partial charge is 0.327 e. The third kappa shape index (κ3) is 2.67. The normalized spacial score (nSPS) is 14.5. The van der Waals surface area contributed by atoms with Crippen molar-refractivity contribution in [3.8, 4) is 11.5 Å². The summed E-state index contributed by atoms with van der Waals surface area (Å²) >= 11 is 0. The number of benzene rings is 3. The zero-order valence-electron chi connectivity index (χ0n) is 16.4. The Morgan fingerprint density at radius 2 is 1.67 bits per heavy atom. The van der Waals surface area contributed by atoms with E-state index in [-0.39, 0.29) is 0 Å². The molecule has 0 bridgehead atoms. The van der Waals surface area contributed by atoms with E-state index in [0.29, 0.717) is 22.9 Å². The molecule has 1 aromatic heterocycles. The van der Waals surface area contributed by atoms with E-state index < -0.39 is 17.2 Å². The number of aromatic nitrogens is 2. The van der Waals surface area contributed by atoms with E-state index in [2.05, 4.69) is 15.3 Å². The Morgan fingerprint density at radius 1 is 0.867 bits per heavy atom. The molecule has 0 saturated heterocycles. The Hall–Kier alpha value is -4.00. The van der Waals surface area contributed by atoms with E-state index in [1.165, 1.54) is 0 Å². The Balaban J connectivity index is 1.84. The van der Waals surface area contributed by atoms with Crippen LogP contribution in [0.3, 0.4) is 0 Å². The van der Waals surface area contributed by atoms with Crippen LogP contribution in [0.2, 0.25) is 0 Å². The summed E-state index contributed by atoms with van der Waals surface area (Å²) < 4.78 is 10.8. The number of aromatic amines is 2. The van der Waals surface area contributed by atoms with Crippen LogP contribution in [0.4, 0.5) is 11.5 Å². The molecule has 3 N–H and O–H groups in total. The van der Waals surface area contributed by atoms with E-state index in [1.807, 2.05) is 54.6 Å². The van der Waals surface area contributed by atoms with Gasteiger partial charge >= 0.3 is 5.69 Å². The molecule has 4 aromatic rings. The lowest BCUT2D eigenvalue weighted by molar-refractivity contribution is 0.354. The van der Waals surface area contributed by atoms with Crippen LogP contribution in [0.1, 0.15) is 22.6 Å². The lowest BCUT2D eigenvalue weighted by Crippen LogP contribution is -2.31. The van der Waals surface area contributed by atoms with Gasteiger partial charge in [-0.2, -0.15) is 0 Å². The van der Waals surface area contributed by atoms with Crippen LogP contribution in [-0.4, -0.2) is 24.2 Å². The van der Waals surface area contributed by atoms with Gasteiger partial charge in [-0.15, -0.1) is 0 Å². The van der Waals surface area contributed by atoms with Crippen LogP contribution in [0.5, 0.6) is 11.5 Å². The molecule has 5 rings (SSSR count). The van der Waals surface area contributed by atoms with Gasteiger partial charge in [0.25, 0.3) is 5.56 Å².